The number of hydrogen-bond donors (Lipinski definition) is 2. The molecule has 3 N–H and O–H groups in total. The Balaban J connectivity index is 2.60. The van der Waals surface area contributed by atoms with Crippen molar-refractivity contribution < 1.29 is 4.74 Å². The quantitative estimate of drug-likeness (QED) is 0.399. The van der Waals surface area contributed by atoms with Gasteiger partial charge in [0.2, 0.25) is 0 Å². The number of pyridine rings is 1. The molecule has 0 amide bonds. The average Bonchev–Trinajstić information content (AvgIpc) is 2.16. The lowest BCUT2D eigenvalue weighted by molar-refractivity contribution is 0.396. The predicted molar refractivity (Wildman–Crippen MR) is 51.2 cm³/mol. The van der Waals surface area contributed by atoms with Gasteiger partial charge in [-0.1, -0.05) is 0 Å². The van der Waals surface area contributed by atoms with Crippen molar-refractivity contribution in [3.8, 4) is 0 Å². The number of hydrazone groups is 1. The Morgan fingerprint density at radius 1 is 1.62 bits per heavy atom. The molecule has 0 aliphatic heterocycles. The van der Waals surface area contributed by atoms with Crippen molar-refractivity contribution in [2.75, 3.05) is 12.5 Å². The van der Waals surface area contributed by atoms with E-state index >= 15 is 0 Å². The van der Waals surface area contributed by atoms with Crippen molar-refractivity contribution in [3.05, 3.63) is 24.0 Å². The number of aryl methyl sites for hydroxylation is 1. The molecule has 1 aromatic rings. The largest absolute Gasteiger partial charge is 0.468 e. The Hall–Kier alpha value is -1.78. The SMILES string of the molecule is CO/C(N)=N\Nc1ccc(C)nc1. The van der Waals surface area contributed by atoms with Crippen molar-refractivity contribution in [1.82, 2.24) is 4.98 Å². The van der Waals surface area contributed by atoms with Crippen molar-refractivity contribution in [3.63, 3.8) is 0 Å². The third-order valence-corrected chi connectivity index (χ3v) is 1.42. The number of anilines is 1. The Bertz CT molecular complexity index is 294. The van der Waals surface area contributed by atoms with E-state index in [4.69, 9.17) is 5.73 Å². The van der Waals surface area contributed by atoms with Crippen LogP contribution in [0.1, 0.15) is 5.69 Å². The number of nitrogens with zero attached hydrogens (tertiary/aromatic N) is 2. The van der Waals surface area contributed by atoms with Gasteiger partial charge in [0.15, 0.2) is 0 Å². The van der Waals surface area contributed by atoms with Gasteiger partial charge in [-0.2, -0.15) is 0 Å². The van der Waals surface area contributed by atoms with Gasteiger partial charge in [0.25, 0.3) is 0 Å². The summed E-state index contributed by atoms with van der Waals surface area (Å²) in [7, 11) is 1.45. The molecular weight excluding hydrogens is 168 g/mol. The van der Waals surface area contributed by atoms with Crippen LogP contribution in [0, 0.1) is 6.92 Å². The number of methoxy groups -OCH3 is 1. The lowest BCUT2D eigenvalue weighted by atomic mass is 10.3. The van der Waals surface area contributed by atoms with Gasteiger partial charge in [-0.3, -0.25) is 10.4 Å². The molecule has 0 aliphatic rings. The lowest BCUT2D eigenvalue weighted by Crippen LogP contribution is -2.15. The minimum Gasteiger partial charge on any atom is -0.468 e. The molecular formula is C8H12N4O. The lowest BCUT2D eigenvalue weighted by Gasteiger charge is -2.01. The van der Waals surface area contributed by atoms with Crippen LogP contribution < -0.4 is 11.2 Å². The number of nitrogens with one attached hydrogen (secondary N) is 1. The minimum absolute atomic E-state index is 0.0839. The molecule has 5 heteroatoms. The van der Waals surface area contributed by atoms with E-state index in [0.29, 0.717) is 0 Å². The standard InChI is InChI=1S/C8H12N4O/c1-6-3-4-7(5-10-6)11-12-8(9)13-2/h3-5,11H,1-2H3,(H2,9,12). The van der Waals surface area contributed by atoms with Gasteiger partial charge in [0.05, 0.1) is 19.0 Å². The summed E-state index contributed by atoms with van der Waals surface area (Å²) in [5, 5.41) is 3.72. The highest BCUT2D eigenvalue weighted by atomic mass is 16.5. The van der Waals surface area contributed by atoms with Gasteiger partial charge < -0.3 is 10.5 Å². The second kappa shape index (κ2) is 4.30. The summed E-state index contributed by atoms with van der Waals surface area (Å²) in [6.07, 6.45) is 1.67. The van der Waals surface area contributed by atoms with E-state index in [0.717, 1.165) is 11.4 Å². The molecule has 0 aromatic carbocycles. The maximum atomic E-state index is 5.30. The monoisotopic (exact) mass is 180 g/mol. The van der Waals surface area contributed by atoms with E-state index in [2.05, 4.69) is 20.2 Å². The van der Waals surface area contributed by atoms with E-state index in [9.17, 15) is 0 Å². The van der Waals surface area contributed by atoms with Crippen LogP contribution in [0.5, 0.6) is 0 Å². The number of ether oxygens (including phenoxy) is 1. The molecule has 0 saturated heterocycles. The molecule has 0 saturated carbocycles. The van der Waals surface area contributed by atoms with Crippen LogP contribution in [-0.4, -0.2) is 18.1 Å². The summed E-state index contributed by atoms with van der Waals surface area (Å²) in [5.74, 6) is 0. The molecule has 0 atom stereocenters. The number of aromatic nitrogens is 1. The maximum absolute atomic E-state index is 5.30. The highest BCUT2D eigenvalue weighted by Gasteiger charge is 1.91. The molecule has 0 radical (unpaired) electrons. The molecule has 0 bridgehead atoms. The van der Waals surface area contributed by atoms with Crippen LogP contribution in [0.3, 0.4) is 0 Å². The second-order valence-corrected chi connectivity index (χ2v) is 2.45. The van der Waals surface area contributed by atoms with E-state index in [1.165, 1.54) is 7.11 Å². The van der Waals surface area contributed by atoms with E-state index < -0.39 is 0 Å². The van der Waals surface area contributed by atoms with Crippen LogP contribution >= 0.6 is 0 Å². The van der Waals surface area contributed by atoms with Crippen molar-refractivity contribution >= 4 is 11.7 Å². The molecule has 0 fully saturated rings. The first-order valence-electron chi connectivity index (χ1n) is 3.78. The molecule has 1 heterocycles. The van der Waals surface area contributed by atoms with Crippen LogP contribution in [0.25, 0.3) is 0 Å². The topological polar surface area (TPSA) is 72.5 Å². The first-order valence-corrected chi connectivity index (χ1v) is 3.78. The molecule has 5 nitrogen and oxygen atoms in total. The van der Waals surface area contributed by atoms with Crippen molar-refractivity contribution in [1.29, 1.82) is 0 Å². The fourth-order valence-electron chi connectivity index (χ4n) is 0.699. The summed E-state index contributed by atoms with van der Waals surface area (Å²) < 4.78 is 4.64. The summed E-state index contributed by atoms with van der Waals surface area (Å²) in [6, 6.07) is 3.82. The highest BCUT2D eigenvalue weighted by Crippen LogP contribution is 2.04. The molecule has 13 heavy (non-hydrogen) atoms. The average molecular weight is 180 g/mol. The number of rotatable bonds is 2. The zero-order valence-electron chi connectivity index (χ0n) is 7.61. The van der Waals surface area contributed by atoms with Crippen LogP contribution in [0.2, 0.25) is 0 Å². The third kappa shape index (κ3) is 2.98. The molecule has 0 spiro atoms. The normalized spacial score (nSPS) is 11.1. The zero-order chi connectivity index (χ0) is 9.68. The molecule has 1 rings (SSSR count). The number of hydrogen-bond acceptors (Lipinski definition) is 4. The summed E-state index contributed by atoms with van der Waals surface area (Å²) in [5.41, 5.74) is 9.72. The molecule has 0 aliphatic carbocycles. The highest BCUT2D eigenvalue weighted by molar-refractivity contribution is 5.72. The van der Waals surface area contributed by atoms with E-state index in [-0.39, 0.29) is 6.02 Å². The predicted octanol–water partition coefficient (Wildman–Crippen LogP) is 0.678. The third-order valence-electron chi connectivity index (χ3n) is 1.42. The number of amidine groups is 1. The van der Waals surface area contributed by atoms with E-state index in [1.54, 1.807) is 6.20 Å². The first kappa shape index (κ1) is 9.31. The minimum atomic E-state index is 0.0839. The summed E-state index contributed by atoms with van der Waals surface area (Å²) >= 11 is 0. The van der Waals surface area contributed by atoms with Crippen LogP contribution in [0.4, 0.5) is 5.69 Å². The van der Waals surface area contributed by atoms with Crippen LogP contribution in [-0.2, 0) is 4.74 Å². The first-order chi connectivity index (χ1) is 6.22. The summed E-state index contributed by atoms with van der Waals surface area (Å²) in [4.78, 5) is 4.07. The van der Waals surface area contributed by atoms with E-state index in [1.807, 2.05) is 19.1 Å². The Morgan fingerprint density at radius 2 is 2.38 bits per heavy atom. The fraction of sp³-hybridized carbons (Fsp3) is 0.250. The van der Waals surface area contributed by atoms with Gasteiger partial charge >= 0.3 is 6.02 Å². The fourth-order valence-corrected chi connectivity index (χ4v) is 0.699. The van der Waals surface area contributed by atoms with Crippen molar-refractivity contribution in [2.45, 2.75) is 6.92 Å². The second-order valence-electron chi connectivity index (χ2n) is 2.45. The Kier molecular flexibility index (Phi) is 3.08. The molecule has 70 valence electrons. The Labute approximate surface area is 76.6 Å². The van der Waals surface area contributed by atoms with Gasteiger partial charge in [-0.15, -0.1) is 5.10 Å². The van der Waals surface area contributed by atoms with Crippen LogP contribution in [0.15, 0.2) is 23.4 Å². The molecule has 0 unspecified atom stereocenters. The Morgan fingerprint density at radius 3 is 2.92 bits per heavy atom. The summed E-state index contributed by atoms with van der Waals surface area (Å²) in [6.45, 7) is 1.91. The van der Waals surface area contributed by atoms with Gasteiger partial charge in [-0.05, 0) is 19.1 Å². The smallest absolute Gasteiger partial charge is 0.303 e. The zero-order valence-corrected chi connectivity index (χ0v) is 7.61. The molecule has 1 aromatic heterocycles. The maximum Gasteiger partial charge on any atom is 0.303 e. The number of nitrogens with two attached hydrogens (primary N) is 1. The van der Waals surface area contributed by atoms with Gasteiger partial charge in [0, 0.05) is 5.69 Å². The van der Waals surface area contributed by atoms with Crippen molar-refractivity contribution in [2.24, 2.45) is 10.8 Å². The van der Waals surface area contributed by atoms with Gasteiger partial charge in [-0.25, -0.2) is 0 Å². The van der Waals surface area contributed by atoms with Gasteiger partial charge in [0.1, 0.15) is 0 Å².